The average Bonchev–Trinajstić information content (AvgIpc) is 2.81. The van der Waals surface area contributed by atoms with Crippen molar-refractivity contribution in [2.45, 2.75) is 13.8 Å². The third-order valence-corrected chi connectivity index (χ3v) is 2.68. The van der Waals surface area contributed by atoms with Crippen LogP contribution in [0.5, 0.6) is 0 Å². The third kappa shape index (κ3) is 2.54. The summed E-state index contributed by atoms with van der Waals surface area (Å²) >= 11 is 0. The lowest BCUT2D eigenvalue weighted by Gasteiger charge is -2.03. The second-order valence-electron chi connectivity index (χ2n) is 3.99. The summed E-state index contributed by atoms with van der Waals surface area (Å²) in [5.41, 5.74) is 1.31. The Labute approximate surface area is 110 Å². The molecule has 19 heavy (non-hydrogen) atoms. The van der Waals surface area contributed by atoms with E-state index < -0.39 is 5.97 Å². The first kappa shape index (κ1) is 13.0. The van der Waals surface area contributed by atoms with Crippen LogP contribution in [0, 0.1) is 6.92 Å². The molecule has 0 unspecified atom stereocenters. The summed E-state index contributed by atoms with van der Waals surface area (Å²) in [5.74, 6) is -0.832. The Balaban J connectivity index is 2.41. The number of aromatic amines is 1. The maximum Gasteiger partial charge on any atom is 0.342 e. The fourth-order valence-corrected chi connectivity index (χ4v) is 1.77. The summed E-state index contributed by atoms with van der Waals surface area (Å²) in [6.45, 7) is 3.65. The molecule has 0 amide bonds. The number of carbonyl (C=O) groups is 2. The minimum Gasteiger partial charge on any atom is -0.462 e. The molecule has 1 aromatic heterocycles. The molecule has 1 N–H and O–H groups in total. The second-order valence-corrected chi connectivity index (χ2v) is 3.99. The first-order chi connectivity index (χ1) is 9.15. The van der Waals surface area contributed by atoms with Crippen molar-refractivity contribution >= 4 is 11.8 Å². The van der Waals surface area contributed by atoms with E-state index in [2.05, 4.69) is 10.2 Å². The van der Waals surface area contributed by atoms with Gasteiger partial charge in [0.05, 0.1) is 6.61 Å². The number of esters is 1. The summed E-state index contributed by atoms with van der Waals surface area (Å²) < 4.78 is 4.94. The lowest BCUT2D eigenvalue weighted by Crippen LogP contribution is -2.12. The van der Waals surface area contributed by atoms with Crippen LogP contribution in [-0.4, -0.2) is 28.6 Å². The van der Waals surface area contributed by atoms with Crippen LogP contribution in [-0.2, 0) is 4.74 Å². The summed E-state index contributed by atoms with van der Waals surface area (Å²) in [7, 11) is 0. The Kier molecular flexibility index (Phi) is 3.75. The maximum atomic E-state index is 12.3. The van der Waals surface area contributed by atoms with E-state index in [0.29, 0.717) is 11.3 Å². The van der Waals surface area contributed by atoms with Gasteiger partial charge >= 0.3 is 5.97 Å². The minimum atomic E-state index is -0.534. The molecule has 0 saturated heterocycles. The van der Waals surface area contributed by atoms with Gasteiger partial charge < -0.3 is 4.74 Å². The lowest BCUT2D eigenvalue weighted by molar-refractivity contribution is 0.0522. The van der Waals surface area contributed by atoms with Crippen LogP contribution in [0.3, 0.4) is 0 Å². The quantitative estimate of drug-likeness (QED) is 0.673. The van der Waals surface area contributed by atoms with Crippen LogP contribution in [0.25, 0.3) is 0 Å². The van der Waals surface area contributed by atoms with E-state index in [9.17, 15) is 9.59 Å². The van der Waals surface area contributed by atoms with Crippen molar-refractivity contribution in [1.82, 2.24) is 10.2 Å². The Bertz CT molecular complexity index is 602. The number of hydrogen-bond acceptors (Lipinski definition) is 4. The SMILES string of the molecule is CCOC(=O)c1c(C(=O)c2ccccc2)n[nH]c1C. The van der Waals surface area contributed by atoms with E-state index in [1.165, 1.54) is 0 Å². The first-order valence-electron chi connectivity index (χ1n) is 5.97. The standard InChI is InChI=1S/C14H14N2O3/c1-3-19-14(18)11-9(2)15-16-12(11)13(17)10-7-5-4-6-8-10/h4-8H,3H2,1-2H3,(H,15,16). The number of nitrogens with zero attached hydrogens (tertiary/aromatic N) is 1. The van der Waals surface area contributed by atoms with Crippen LogP contribution >= 0.6 is 0 Å². The third-order valence-electron chi connectivity index (χ3n) is 2.68. The molecular formula is C14H14N2O3. The highest BCUT2D eigenvalue weighted by atomic mass is 16.5. The number of benzene rings is 1. The molecule has 0 aliphatic carbocycles. The van der Waals surface area contributed by atoms with Gasteiger partial charge in [0.25, 0.3) is 0 Å². The van der Waals surface area contributed by atoms with E-state index in [1.807, 2.05) is 6.07 Å². The molecule has 0 aliphatic rings. The summed E-state index contributed by atoms with van der Waals surface area (Å²) in [5, 5.41) is 6.58. The Morgan fingerprint density at radius 1 is 1.26 bits per heavy atom. The number of ketones is 1. The van der Waals surface area contributed by atoms with Crippen LogP contribution in [0.15, 0.2) is 30.3 Å². The van der Waals surface area contributed by atoms with Crippen LogP contribution in [0.1, 0.15) is 39.0 Å². The molecule has 0 bridgehead atoms. The Morgan fingerprint density at radius 3 is 2.58 bits per heavy atom. The summed E-state index contributed by atoms with van der Waals surface area (Å²) in [6.07, 6.45) is 0. The molecule has 0 fully saturated rings. The number of aryl methyl sites for hydroxylation is 1. The monoisotopic (exact) mass is 258 g/mol. The number of aromatic nitrogens is 2. The maximum absolute atomic E-state index is 12.3. The number of H-pyrrole nitrogens is 1. The predicted octanol–water partition coefficient (Wildman–Crippen LogP) is 2.13. The van der Waals surface area contributed by atoms with Crippen molar-refractivity contribution in [1.29, 1.82) is 0 Å². The number of carbonyl (C=O) groups excluding carboxylic acids is 2. The van der Waals surface area contributed by atoms with Crippen molar-refractivity contribution in [3.8, 4) is 0 Å². The lowest BCUT2D eigenvalue weighted by atomic mass is 10.0. The molecule has 0 saturated carbocycles. The van der Waals surface area contributed by atoms with Crippen LogP contribution in [0.4, 0.5) is 0 Å². The van der Waals surface area contributed by atoms with Gasteiger partial charge in [-0.2, -0.15) is 5.10 Å². The molecule has 98 valence electrons. The van der Waals surface area contributed by atoms with E-state index in [-0.39, 0.29) is 23.6 Å². The largest absolute Gasteiger partial charge is 0.462 e. The number of rotatable bonds is 4. The molecular weight excluding hydrogens is 244 g/mol. The van der Waals surface area contributed by atoms with E-state index in [0.717, 1.165) is 0 Å². The number of nitrogens with one attached hydrogen (secondary N) is 1. The molecule has 2 aromatic rings. The molecule has 0 aliphatic heterocycles. The van der Waals surface area contributed by atoms with Gasteiger partial charge in [-0.1, -0.05) is 30.3 Å². The highest BCUT2D eigenvalue weighted by Crippen LogP contribution is 2.16. The van der Waals surface area contributed by atoms with Gasteiger partial charge in [-0.25, -0.2) is 4.79 Å². The van der Waals surface area contributed by atoms with Gasteiger partial charge in [0.1, 0.15) is 11.3 Å². The highest BCUT2D eigenvalue weighted by Gasteiger charge is 2.24. The zero-order chi connectivity index (χ0) is 13.8. The van der Waals surface area contributed by atoms with Gasteiger partial charge in [0.2, 0.25) is 5.78 Å². The zero-order valence-corrected chi connectivity index (χ0v) is 10.8. The predicted molar refractivity (Wildman–Crippen MR) is 69.2 cm³/mol. The van der Waals surface area contributed by atoms with E-state index in [1.54, 1.807) is 38.1 Å². The number of hydrogen-bond donors (Lipinski definition) is 1. The Morgan fingerprint density at radius 2 is 1.95 bits per heavy atom. The van der Waals surface area contributed by atoms with Gasteiger partial charge in [0.15, 0.2) is 0 Å². The van der Waals surface area contributed by atoms with Crippen LogP contribution in [0.2, 0.25) is 0 Å². The van der Waals surface area contributed by atoms with Crippen molar-refractivity contribution in [2.24, 2.45) is 0 Å². The molecule has 5 heteroatoms. The second kappa shape index (κ2) is 5.48. The molecule has 2 rings (SSSR count). The first-order valence-corrected chi connectivity index (χ1v) is 5.97. The highest BCUT2D eigenvalue weighted by molar-refractivity contribution is 6.13. The molecule has 0 radical (unpaired) electrons. The fourth-order valence-electron chi connectivity index (χ4n) is 1.77. The Hall–Kier alpha value is -2.43. The van der Waals surface area contributed by atoms with Gasteiger partial charge in [-0.15, -0.1) is 0 Å². The van der Waals surface area contributed by atoms with Crippen LogP contribution < -0.4 is 0 Å². The van der Waals surface area contributed by atoms with Crippen molar-refractivity contribution in [2.75, 3.05) is 6.61 Å². The van der Waals surface area contributed by atoms with Gasteiger partial charge in [-0.05, 0) is 13.8 Å². The summed E-state index contributed by atoms with van der Waals surface area (Å²) in [4.78, 5) is 24.1. The van der Waals surface area contributed by atoms with Gasteiger partial charge in [0, 0.05) is 11.3 Å². The fraction of sp³-hybridized carbons (Fsp3) is 0.214. The molecule has 5 nitrogen and oxygen atoms in total. The van der Waals surface area contributed by atoms with Gasteiger partial charge in [-0.3, -0.25) is 9.89 Å². The zero-order valence-electron chi connectivity index (χ0n) is 10.8. The van der Waals surface area contributed by atoms with Crippen molar-refractivity contribution < 1.29 is 14.3 Å². The topological polar surface area (TPSA) is 72.1 Å². The molecule has 1 heterocycles. The van der Waals surface area contributed by atoms with E-state index in [4.69, 9.17) is 4.74 Å². The normalized spacial score (nSPS) is 10.2. The molecule has 1 aromatic carbocycles. The molecule has 0 spiro atoms. The van der Waals surface area contributed by atoms with Crippen molar-refractivity contribution in [3.63, 3.8) is 0 Å². The van der Waals surface area contributed by atoms with E-state index >= 15 is 0 Å². The molecule has 0 atom stereocenters. The summed E-state index contributed by atoms with van der Waals surface area (Å²) in [6, 6.07) is 8.70. The van der Waals surface area contributed by atoms with Crippen molar-refractivity contribution in [3.05, 3.63) is 52.8 Å². The smallest absolute Gasteiger partial charge is 0.342 e. The average molecular weight is 258 g/mol. The number of ether oxygens (including phenoxy) is 1. The minimum absolute atomic E-state index is 0.0992.